The maximum absolute atomic E-state index is 13.3. The number of nitrogens with zero attached hydrogens (tertiary/aromatic N) is 2. The molecule has 146 valence electrons. The molecule has 0 bridgehead atoms. The van der Waals surface area contributed by atoms with Gasteiger partial charge in [0.2, 0.25) is 0 Å². The van der Waals surface area contributed by atoms with Crippen molar-refractivity contribution in [2.75, 3.05) is 31.5 Å². The van der Waals surface area contributed by atoms with Gasteiger partial charge < -0.3 is 20.9 Å². The van der Waals surface area contributed by atoms with E-state index in [0.717, 1.165) is 12.1 Å². The van der Waals surface area contributed by atoms with Crippen molar-refractivity contribution in [2.45, 2.75) is 0 Å². The number of halogens is 2. The molecule has 0 atom stereocenters. The molecule has 0 aromatic heterocycles. The van der Waals surface area contributed by atoms with Crippen molar-refractivity contribution in [1.82, 2.24) is 9.80 Å². The minimum Gasteiger partial charge on any atom is -0.351 e. The van der Waals surface area contributed by atoms with Gasteiger partial charge in [0.25, 0.3) is 11.8 Å². The molecule has 1 heterocycles. The van der Waals surface area contributed by atoms with Gasteiger partial charge in [-0.05, 0) is 42.5 Å². The highest BCUT2D eigenvalue weighted by atomic mass is 19.2. The van der Waals surface area contributed by atoms with E-state index in [1.54, 1.807) is 29.2 Å². The van der Waals surface area contributed by atoms with Crippen molar-refractivity contribution < 1.29 is 23.2 Å². The summed E-state index contributed by atoms with van der Waals surface area (Å²) in [7, 11) is 0. The number of nitrogens with one attached hydrogen (secondary N) is 1. The molecule has 0 spiro atoms. The van der Waals surface area contributed by atoms with Crippen LogP contribution in [0.1, 0.15) is 20.7 Å². The van der Waals surface area contributed by atoms with Gasteiger partial charge in [0.05, 0.1) is 0 Å². The van der Waals surface area contributed by atoms with Crippen molar-refractivity contribution in [1.29, 1.82) is 0 Å². The normalized spacial score (nSPS) is 13.9. The highest BCUT2D eigenvalue weighted by Gasteiger charge is 2.26. The number of amides is 4. The van der Waals surface area contributed by atoms with E-state index in [-0.39, 0.29) is 24.6 Å². The lowest BCUT2D eigenvalue weighted by molar-refractivity contribution is 0.0535. The number of rotatable bonds is 3. The van der Waals surface area contributed by atoms with Crippen LogP contribution in [-0.2, 0) is 0 Å². The SMILES string of the molecule is NC(=O)Nc1ccc(C(=O)N2CCN(C(=O)c3ccc(F)c(F)c3)CC2)cc1. The molecule has 4 amide bonds. The van der Waals surface area contributed by atoms with Crippen LogP contribution in [0.25, 0.3) is 0 Å². The maximum Gasteiger partial charge on any atom is 0.316 e. The Labute approximate surface area is 159 Å². The van der Waals surface area contributed by atoms with Gasteiger partial charge in [-0.3, -0.25) is 9.59 Å². The second-order valence-corrected chi connectivity index (χ2v) is 6.28. The first kappa shape index (κ1) is 19.3. The van der Waals surface area contributed by atoms with E-state index < -0.39 is 23.6 Å². The molecule has 0 aliphatic carbocycles. The van der Waals surface area contributed by atoms with Crippen LogP contribution in [0, 0.1) is 11.6 Å². The molecule has 1 fully saturated rings. The molecule has 9 heteroatoms. The van der Waals surface area contributed by atoms with Crippen LogP contribution in [0.5, 0.6) is 0 Å². The average molecular weight is 388 g/mol. The van der Waals surface area contributed by atoms with Crippen LogP contribution in [0.2, 0.25) is 0 Å². The molecule has 7 nitrogen and oxygen atoms in total. The number of carbonyl (C=O) groups excluding carboxylic acids is 3. The predicted molar refractivity (Wildman–Crippen MR) is 97.8 cm³/mol. The molecule has 0 unspecified atom stereocenters. The average Bonchev–Trinajstić information content (AvgIpc) is 2.69. The molecule has 0 saturated carbocycles. The summed E-state index contributed by atoms with van der Waals surface area (Å²) >= 11 is 0. The number of hydrogen-bond donors (Lipinski definition) is 2. The van der Waals surface area contributed by atoms with Crippen LogP contribution < -0.4 is 11.1 Å². The quantitative estimate of drug-likeness (QED) is 0.842. The van der Waals surface area contributed by atoms with Gasteiger partial charge in [-0.15, -0.1) is 0 Å². The van der Waals surface area contributed by atoms with E-state index in [4.69, 9.17) is 5.73 Å². The van der Waals surface area contributed by atoms with Gasteiger partial charge in [0.15, 0.2) is 11.6 Å². The number of carbonyl (C=O) groups is 3. The molecule has 1 aliphatic heterocycles. The number of hydrogen-bond acceptors (Lipinski definition) is 3. The molecular formula is C19H18F2N4O3. The fourth-order valence-corrected chi connectivity index (χ4v) is 2.95. The first-order valence-corrected chi connectivity index (χ1v) is 8.55. The predicted octanol–water partition coefficient (Wildman–Crippen LogP) is 2.05. The smallest absolute Gasteiger partial charge is 0.316 e. The van der Waals surface area contributed by atoms with E-state index in [0.29, 0.717) is 24.3 Å². The molecule has 3 N–H and O–H groups in total. The van der Waals surface area contributed by atoms with Crippen molar-refractivity contribution in [3.05, 3.63) is 65.2 Å². The standard InChI is InChI=1S/C19H18F2N4O3/c20-15-6-3-13(11-16(15)21)18(27)25-9-7-24(8-10-25)17(26)12-1-4-14(5-2-12)23-19(22)28/h1-6,11H,7-10H2,(H3,22,23,28). The van der Waals surface area contributed by atoms with Gasteiger partial charge in [0, 0.05) is 43.0 Å². The zero-order valence-electron chi connectivity index (χ0n) is 14.8. The number of primary amides is 1. The zero-order valence-corrected chi connectivity index (χ0v) is 14.8. The highest BCUT2D eigenvalue weighted by molar-refractivity contribution is 5.96. The zero-order chi connectivity index (χ0) is 20.3. The van der Waals surface area contributed by atoms with E-state index in [1.807, 2.05) is 0 Å². The second-order valence-electron chi connectivity index (χ2n) is 6.28. The van der Waals surface area contributed by atoms with E-state index in [2.05, 4.69) is 5.32 Å². The number of anilines is 1. The van der Waals surface area contributed by atoms with E-state index in [1.165, 1.54) is 11.0 Å². The topological polar surface area (TPSA) is 95.7 Å². The Morgan fingerprint density at radius 2 is 1.29 bits per heavy atom. The number of urea groups is 1. The number of piperazine rings is 1. The molecular weight excluding hydrogens is 370 g/mol. The van der Waals surface area contributed by atoms with Crippen LogP contribution in [0.4, 0.5) is 19.3 Å². The Bertz CT molecular complexity index is 910. The molecule has 1 aliphatic rings. The largest absolute Gasteiger partial charge is 0.351 e. The van der Waals surface area contributed by atoms with Crippen LogP contribution in [-0.4, -0.2) is 53.8 Å². The lowest BCUT2D eigenvalue weighted by Gasteiger charge is -2.35. The summed E-state index contributed by atoms with van der Waals surface area (Å²) in [4.78, 5) is 38.9. The van der Waals surface area contributed by atoms with Crippen LogP contribution >= 0.6 is 0 Å². The van der Waals surface area contributed by atoms with Gasteiger partial charge in [-0.1, -0.05) is 0 Å². The van der Waals surface area contributed by atoms with E-state index >= 15 is 0 Å². The van der Waals surface area contributed by atoms with Gasteiger partial charge in [-0.2, -0.15) is 0 Å². The first-order chi connectivity index (χ1) is 13.3. The van der Waals surface area contributed by atoms with Gasteiger partial charge in [0.1, 0.15) is 0 Å². The van der Waals surface area contributed by atoms with Crippen LogP contribution in [0.3, 0.4) is 0 Å². The van der Waals surface area contributed by atoms with Crippen molar-refractivity contribution in [2.24, 2.45) is 5.73 Å². The Balaban J connectivity index is 1.59. The van der Waals surface area contributed by atoms with Gasteiger partial charge >= 0.3 is 6.03 Å². The molecule has 2 aromatic rings. The Kier molecular flexibility index (Phi) is 5.53. The summed E-state index contributed by atoms with van der Waals surface area (Å²) in [5.41, 5.74) is 6.02. The second kappa shape index (κ2) is 8.03. The Morgan fingerprint density at radius 1 is 0.786 bits per heavy atom. The van der Waals surface area contributed by atoms with Gasteiger partial charge in [-0.25, -0.2) is 13.6 Å². The minimum atomic E-state index is -1.08. The van der Waals surface area contributed by atoms with E-state index in [9.17, 15) is 23.2 Å². The third-order valence-electron chi connectivity index (χ3n) is 4.42. The third kappa shape index (κ3) is 4.25. The summed E-state index contributed by atoms with van der Waals surface area (Å²) < 4.78 is 26.4. The fourth-order valence-electron chi connectivity index (χ4n) is 2.95. The monoisotopic (exact) mass is 388 g/mol. The van der Waals surface area contributed by atoms with Crippen LogP contribution in [0.15, 0.2) is 42.5 Å². The fraction of sp³-hybridized carbons (Fsp3) is 0.211. The molecule has 28 heavy (non-hydrogen) atoms. The van der Waals surface area contributed by atoms with Crippen molar-refractivity contribution >= 4 is 23.5 Å². The lowest BCUT2D eigenvalue weighted by atomic mass is 10.1. The minimum absolute atomic E-state index is 0.0659. The van der Waals surface area contributed by atoms with Crippen molar-refractivity contribution in [3.63, 3.8) is 0 Å². The Morgan fingerprint density at radius 3 is 1.79 bits per heavy atom. The number of nitrogens with two attached hydrogens (primary N) is 1. The third-order valence-corrected chi connectivity index (χ3v) is 4.42. The lowest BCUT2D eigenvalue weighted by Crippen LogP contribution is -2.50. The summed E-state index contributed by atoms with van der Waals surface area (Å²) in [5.74, 6) is -2.70. The maximum atomic E-state index is 13.3. The summed E-state index contributed by atoms with van der Waals surface area (Å²) in [5, 5.41) is 2.41. The molecule has 0 radical (unpaired) electrons. The summed E-state index contributed by atoms with van der Waals surface area (Å²) in [6.45, 7) is 1.20. The molecule has 3 rings (SSSR count). The highest BCUT2D eigenvalue weighted by Crippen LogP contribution is 2.15. The summed E-state index contributed by atoms with van der Waals surface area (Å²) in [6.07, 6.45) is 0. The molecule has 2 aromatic carbocycles. The number of benzene rings is 2. The first-order valence-electron chi connectivity index (χ1n) is 8.55. The van der Waals surface area contributed by atoms with Crippen molar-refractivity contribution in [3.8, 4) is 0 Å². The molecule has 1 saturated heterocycles. The summed E-state index contributed by atoms with van der Waals surface area (Å²) in [6, 6.07) is 8.62. The Hall–Kier alpha value is -3.49.